The first-order chi connectivity index (χ1) is 10.6. The monoisotopic (exact) mass is 309 g/mol. The molecule has 5 nitrogen and oxygen atoms in total. The number of amides is 1. The molecule has 0 aromatic heterocycles. The SMILES string of the molecule is O=C(O)CCC1CCCCN1C(=O)COc1ccccc1F. The molecule has 0 spiro atoms. The summed E-state index contributed by atoms with van der Waals surface area (Å²) < 4.78 is 18.7. The number of likely N-dealkylation sites (tertiary alicyclic amines) is 1. The molecule has 0 radical (unpaired) electrons. The van der Waals surface area contributed by atoms with Crippen molar-refractivity contribution >= 4 is 11.9 Å². The summed E-state index contributed by atoms with van der Waals surface area (Å²) in [6, 6.07) is 5.87. The zero-order valence-corrected chi connectivity index (χ0v) is 12.3. The van der Waals surface area contributed by atoms with E-state index in [2.05, 4.69) is 0 Å². The second-order valence-corrected chi connectivity index (χ2v) is 5.39. The van der Waals surface area contributed by atoms with Gasteiger partial charge in [0.2, 0.25) is 0 Å². The van der Waals surface area contributed by atoms with Crippen molar-refractivity contribution in [2.24, 2.45) is 0 Å². The molecule has 0 bridgehead atoms. The fraction of sp³-hybridized carbons (Fsp3) is 0.500. The highest BCUT2D eigenvalue weighted by Crippen LogP contribution is 2.22. The molecule has 2 rings (SSSR count). The van der Waals surface area contributed by atoms with Crippen molar-refractivity contribution in [2.75, 3.05) is 13.2 Å². The van der Waals surface area contributed by atoms with E-state index in [-0.39, 0.29) is 30.7 Å². The Morgan fingerprint density at radius 3 is 2.82 bits per heavy atom. The number of piperidine rings is 1. The van der Waals surface area contributed by atoms with Crippen molar-refractivity contribution in [3.8, 4) is 5.75 Å². The summed E-state index contributed by atoms with van der Waals surface area (Å²) in [6.07, 6.45) is 3.18. The van der Waals surface area contributed by atoms with Gasteiger partial charge in [-0.2, -0.15) is 0 Å². The number of hydrogen-bond donors (Lipinski definition) is 1. The van der Waals surface area contributed by atoms with E-state index in [1.165, 1.54) is 12.1 Å². The normalized spacial score (nSPS) is 18.0. The maximum absolute atomic E-state index is 13.5. The molecular weight excluding hydrogens is 289 g/mol. The molecule has 1 aromatic rings. The van der Waals surface area contributed by atoms with E-state index in [0.29, 0.717) is 13.0 Å². The minimum Gasteiger partial charge on any atom is -0.481 e. The number of hydrogen-bond acceptors (Lipinski definition) is 3. The van der Waals surface area contributed by atoms with Gasteiger partial charge in [-0.3, -0.25) is 9.59 Å². The van der Waals surface area contributed by atoms with Crippen LogP contribution in [0.15, 0.2) is 24.3 Å². The van der Waals surface area contributed by atoms with Gasteiger partial charge in [0.25, 0.3) is 5.91 Å². The fourth-order valence-corrected chi connectivity index (χ4v) is 2.70. The quantitative estimate of drug-likeness (QED) is 0.876. The summed E-state index contributed by atoms with van der Waals surface area (Å²) in [7, 11) is 0. The van der Waals surface area contributed by atoms with Crippen LogP contribution in [0.1, 0.15) is 32.1 Å². The van der Waals surface area contributed by atoms with Crippen LogP contribution in [0.25, 0.3) is 0 Å². The van der Waals surface area contributed by atoms with E-state index in [4.69, 9.17) is 9.84 Å². The van der Waals surface area contributed by atoms with Crippen LogP contribution in [-0.2, 0) is 9.59 Å². The maximum atomic E-state index is 13.5. The van der Waals surface area contributed by atoms with Gasteiger partial charge in [-0.15, -0.1) is 0 Å². The molecule has 22 heavy (non-hydrogen) atoms. The third-order valence-corrected chi connectivity index (χ3v) is 3.83. The molecule has 1 amide bonds. The number of benzene rings is 1. The second-order valence-electron chi connectivity index (χ2n) is 5.39. The number of carboxylic acids is 1. The van der Waals surface area contributed by atoms with Gasteiger partial charge >= 0.3 is 5.97 Å². The second kappa shape index (κ2) is 7.77. The van der Waals surface area contributed by atoms with Crippen molar-refractivity contribution in [1.82, 2.24) is 4.90 Å². The predicted molar refractivity (Wildman–Crippen MR) is 78.1 cm³/mol. The Labute approximate surface area is 128 Å². The molecule has 0 saturated carbocycles. The zero-order chi connectivity index (χ0) is 15.9. The lowest BCUT2D eigenvalue weighted by Crippen LogP contribution is -2.46. The molecule has 1 N–H and O–H groups in total. The number of nitrogens with zero attached hydrogens (tertiary/aromatic N) is 1. The molecule has 1 saturated heterocycles. The molecule has 120 valence electrons. The van der Waals surface area contributed by atoms with Gasteiger partial charge in [0.05, 0.1) is 0 Å². The smallest absolute Gasteiger partial charge is 0.303 e. The number of aliphatic carboxylic acids is 1. The minimum atomic E-state index is -0.861. The lowest BCUT2D eigenvalue weighted by atomic mass is 9.98. The molecule has 1 aliphatic rings. The van der Waals surface area contributed by atoms with Crippen LogP contribution in [0.2, 0.25) is 0 Å². The molecule has 1 atom stereocenters. The van der Waals surface area contributed by atoms with Gasteiger partial charge in [0.15, 0.2) is 18.2 Å². The predicted octanol–water partition coefficient (Wildman–Crippen LogP) is 2.45. The van der Waals surface area contributed by atoms with Crippen LogP contribution in [0.5, 0.6) is 5.75 Å². The molecule has 1 aromatic carbocycles. The van der Waals surface area contributed by atoms with Crippen LogP contribution in [0.3, 0.4) is 0 Å². The van der Waals surface area contributed by atoms with Crippen LogP contribution in [0, 0.1) is 5.82 Å². The van der Waals surface area contributed by atoms with E-state index in [1.807, 2.05) is 0 Å². The topological polar surface area (TPSA) is 66.8 Å². The number of carbonyl (C=O) groups is 2. The molecule has 1 aliphatic heterocycles. The first-order valence-corrected chi connectivity index (χ1v) is 7.46. The summed E-state index contributed by atoms with van der Waals surface area (Å²) in [6.45, 7) is 0.369. The molecule has 1 heterocycles. The Morgan fingerprint density at radius 2 is 2.09 bits per heavy atom. The Morgan fingerprint density at radius 1 is 1.32 bits per heavy atom. The standard InChI is InChI=1S/C16H20FNO4/c17-13-6-1-2-7-14(13)22-11-15(19)18-10-4-3-5-12(18)8-9-16(20)21/h1-2,6-7,12H,3-5,8-11H2,(H,20,21). The molecule has 6 heteroatoms. The van der Waals surface area contributed by atoms with E-state index in [9.17, 15) is 14.0 Å². The number of ether oxygens (including phenoxy) is 1. The summed E-state index contributed by atoms with van der Waals surface area (Å²) in [5, 5.41) is 8.78. The van der Waals surface area contributed by atoms with Crippen LogP contribution in [0.4, 0.5) is 4.39 Å². The summed E-state index contributed by atoms with van der Waals surface area (Å²) >= 11 is 0. The van der Waals surface area contributed by atoms with E-state index in [1.54, 1.807) is 17.0 Å². The third-order valence-electron chi connectivity index (χ3n) is 3.83. The van der Waals surface area contributed by atoms with Gasteiger partial charge < -0.3 is 14.7 Å². The Balaban J connectivity index is 1.91. The maximum Gasteiger partial charge on any atom is 0.303 e. The first kappa shape index (κ1) is 16.3. The van der Waals surface area contributed by atoms with E-state index < -0.39 is 11.8 Å². The van der Waals surface area contributed by atoms with Crippen LogP contribution >= 0.6 is 0 Å². The Kier molecular flexibility index (Phi) is 5.75. The van der Waals surface area contributed by atoms with Crippen molar-refractivity contribution in [1.29, 1.82) is 0 Å². The van der Waals surface area contributed by atoms with Gasteiger partial charge in [-0.1, -0.05) is 12.1 Å². The highest BCUT2D eigenvalue weighted by molar-refractivity contribution is 5.78. The van der Waals surface area contributed by atoms with Gasteiger partial charge in [0.1, 0.15) is 0 Å². The summed E-state index contributed by atoms with van der Waals surface area (Å²) in [5.74, 6) is -1.54. The Bertz CT molecular complexity index is 535. The molecule has 1 unspecified atom stereocenters. The van der Waals surface area contributed by atoms with Crippen molar-refractivity contribution < 1.29 is 23.8 Å². The number of rotatable bonds is 6. The Hall–Kier alpha value is -2.11. The van der Waals surface area contributed by atoms with Gasteiger partial charge in [-0.25, -0.2) is 4.39 Å². The lowest BCUT2D eigenvalue weighted by Gasteiger charge is -2.35. The van der Waals surface area contributed by atoms with E-state index >= 15 is 0 Å². The van der Waals surface area contributed by atoms with Crippen molar-refractivity contribution in [3.05, 3.63) is 30.1 Å². The van der Waals surface area contributed by atoms with Gasteiger partial charge in [0, 0.05) is 19.0 Å². The summed E-state index contributed by atoms with van der Waals surface area (Å²) in [4.78, 5) is 24.6. The van der Waals surface area contributed by atoms with Crippen molar-refractivity contribution in [3.63, 3.8) is 0 Å². The highest BCUT2D eigenvalue weighted by atomic mass is 19.1. The number of para-hydroxylation sites is 1. The van der Waals surface area contributed by atoms with Crippen LogP contribution < -0.4 is 4.74 Å². The first-order valence-electron chi connectivity index (χ1n) is 7.46. The van der Waals surface area contributed by atoms with E-state index in [0.717, 1.165) is 19.3 Å². The van der Waals surface area contributed by atoms with Gasteiger partial charge in [-0.05, 0) is 37.8 Å². The zero-order valence-electron chi connectivity index (χ0n) is 12.3. The van der Waals surface area contributed by atoms with Crippen LogP contribution in [-0.4, -0.2) is 41.1 Å². The average Bonchev–Trinajstić information content (AvgIpc) is 2.52. The lowest BCUT2D eigenvalue weighted by molar-refractivity contribution is -0.141. The number of carbonyl (C=O) groups excluding carboxylic acids is 1. The summed E-state index contributed by atoms with van der Waals surface area (Å²) in [5.41, 5.74) is 0. The molecule has 1 fully saturated rings. The molecule has 0 aliphatic carbocycles. The minimum absolute atomic E-state index is 0.0443. The third kappa shape index (κ3) is 4.44. The number of halogens is 1. The largest absolute Gasteiger partial charge is 0.481 e. The molecular formula is C16H20FNO4. The van der Waals surface area contributed by atoms with Crippen molar-refractivity contribution in [2.45, 2.75) is 38.1 Å². The number of carboxylic acid groups (broad SMARTS) is 1. The fourth-order valence-electron chi connectivity index (χ4n) is 2.70. The highest BCUT2D eigenvalue weighted by Gasteiger charge is 2.27. The average molecular weight is 309 g/mol.